The highest BCUT2D eigenvalue weighted by molar-refractivity contribution is 7.16. The van der Waals surface area contributed by atoms with Crippen LogP contribution in [0.15, 0.2) is 24.3 Å². The second-order valence-electron chi connectivity index (χ2n) is 6.12. The molecule has 0 atom stereocenters. The molecular weight excluding hydrogens is 357 g/mol. The van der Waals surface area contributed by atoms with Crippen LogP contribution in [-0.4, -0.2) is 28.5 Å². The third-order valence-electron chi connectivity index (χ3n) is 4.01. The quantitative estimate of drug-likeness (QED) is 0.701. The van der Waals surface area contributed by atoms with E-state index in [0.29, 0.717) is 16.2 Å². The molecule has 6 nitrogen and oxygen atoms in total. The van der Waals surface area contributed by atoms with Crippen molar-refractivity contribution in [3.63, 3.8) is 0 Å². The topological polar surface area (TPSA) is 73.2 Å². The predicted octanol–water partition coefficient (Wildman–Crippen LogP) is 3.94. The smallest absolute Gasteiger partial charge is 0.357 e. The monoisotopic (exact) mass is 375 g/mol. The number of fused-ring (bicyclic) bond motifs is 1. The maximum absolute atomic E-state index is 13.4. The summed E-state index contributed by atoms with van der Waals surface area (Å²) in [5.74, 6) is -1.22. The van der Waals surface area contributed by atoms with Crippen molar-refractivity contribution in [1.29, 1.82) is 0 Å². The van der Waals surface area contributed by atoms with Crippen molar-refractivity contribution in [2.45, 2.75) is 19.8 Å². The molecule has 0 aliphatic carbocycles. The number of halogens is 1. The van der Waals surface area contributed by atoms with Crippen LogP contribution in [-0.2, 0) is 11.8 Å². The zero-order valence-electron chi connectivity index (χ0n) is 14.8. The van der Waals surface area contributed by atoms with Crippen LogP contribution in [0.25, 0.3) is 10.9 Å². The fourth-order valence-electron chi connectivity index (χ4n) is 2.72. The first kappa shape index (κ1) is 18.1. The van der Waals surface area contributed by atoms with Gasteiger partial charge in [-0.3, -0.25) is 10.1 Å². The minimum atomic E-state index is -0.537. The van der Waals surface area contributed by atoms with E-state index in [1.807, 2.05) is 13.8 Å². The van der Waals surface area contributed by atoms with E-state index in [4.69, 9.17) is 4.74 Å². The first-order valence-electron chi connectivity index (χ1n) is 7.97. The number of hydrogen-bond donors (Lipinski definition) is 1. The Labute approximate surface area is 153 Å². The highest BCUT2D eigenvalue weighted by Gasteiger charge is 2.23. The molecule has 3 aromatic rings. The lowest BCUT2D eigenvalue weighted by Crippen LogP contribution is -2.15. The molecule has 0 saturated heterocycles. The molecule has 0 spiro atoms. The third-order valence-corrected chi connectivity index (χ3v) is 5.29. The van der Waals surface area contributed by atoms with Crippen LogP contribution in [0.4, 0.5) is 9.52 Å². The summed E-state index contributed by atoms with van der Waals surface area (Å²) in [4.78, 5) is 29.5. The number of hydrogen-bond acceptors (Lipinski definition) is 5. The highest BCUT2D eigenvalue weighted by atomic mass is 32.1. The van der Waals surface area contributed by atoms with Crippen LogP contribution < -0.4 is 5.32 Å². The molecule has 0 saturated carbocycles. The van der Waals surface area contributed by atoms with Crippen LogP contribution in [0.3, 0.4) is 0 Å². The van der Waals surface area contributed by atoms with Crippen molar-refractivity contribution < 1.29 is 18.7 Å². The average molecular weight is 375 g/mol. The van der Waals surface area contributed by atoms with Gasteiger partial charge in [-0.25, -0.2) is 14.2 Å². The first-order chi connectivity index (χ1) is 12.3. The van der Waals surface area contributed by atoms with E-state index >= 15 is 0 Å². The van der Waals surface area contributed by atoms with E-state index in [0.717, 1.165) is 10.4 Å². The molecule has 0 bridgehead atoms. The van der Waals surface area contributed by atoms with Crippen LogP contribution in [0, 0.1) is 5.82 Å². The Morgan fingerprint density at radius 1 is 1.31 bits per heavy atom. The van der Waals surface area contributed by atoms with Gasteiger partial charge in [-0.15, -0.1) is 11.3 Å². The Hall–Kier alpha value is -2.74. The number of esters is 1. The highest BCUT2D eigenvalue weighted by Crippen LogP contribution is 2.31. The second kappa shape index (κ2) is 6.87. The Bertz CT molecular complexity index is 1010. The normalized spacial score (nSPS) is 11.2. The van der Waals surface area contributed by atoms with Gasteiger partial charge >= 0.3 is 5.97 Å². The third kappa shape index (κ3) is 3.20. The van der Waals surface area contributed by atoms with Gasteiger partial charge in [0.25, 0.3) is 5.91 Å². The number of aromatic nitrogens is 2. The van der Waals surface area contributed by atoms with E-state index in [1.54, 1.807) is 23.7 Å². The van der Waals surface area contributed by atoms with Gasteiger partial charge < -0.3 is 9.30 Å². The Balaban J connectivity index is 1.93. The molecule has 3 rings (SSSR count). The molecule has 1 N–H and O–H groups in total. The van der Waals surface area contributed by atoms with Gasteiger partial charge in [0.15, 0.2) is 10.8 Å². The van der Waals surface area contributed by atoms with Crippen molar-refractivity contribution in [2.24, 2.45) is 7.05 Å². The molecule has 1 amide bonds. The van der Waals surface area contributed by atoms with E-state index in [2.05, 4.69) is 10.3 Å². The fraction of sp³-hybridized carbons (Fsp3) is 0.278. The Kier molecular flexibility index (Phi) is 4.78. The number of nitrogens with zero attached hydrogens (tertiary/aromatic N) is 2. The van der Waals surface area contributed by atoms with Gasteiger partial charge in [-0.2, -0.15) is 0 Å². The van der Waals surface area contributed by atoms with Crippen LogP contribution in [0.2, 0.25) is 0 Å². The van der Waals surface area contributed by atoms with E-state index in [1.165, 1.54) is 30.6 Å². The van der Waals surface area contributed by atoms with Crippen LogP contribution in [0.5, 0.6) is 0 Å². The summed E-state index contributed by atoms with van der Waals surface area (Å²) >= 11 is 1.24. The minimum absolute atomic E-state index is 0.0628. The molecular formula is C18H18FN3O3S. The molecule has 2 aromatic heterocycles. The Morgan fingerprint density at radius 2 is 2.04 bits per heavy atom. The lowest BCUT2D eigenvalue weighted by Gasteiger charge is -2.04. The van der Waals surface area contributed by atoms with Crippen molar-refractivity contribution in [1.82, 2.24) is 9.55 Å². The largest absolute Gasteiger partial charge is 0.464 e. The maximum Gasteiger partial charge on any atom is 0.357 e. The minimum Gasteiger partial charge on any atom is -0.464 e. The summed E-state index contributed by atoms with van der Waals surface area (Å²) in [7, 11) is 3.02. The molecule has 1 aromatic carbocycles. The van der Waals surface area contributed by atoms with E-state index < -0.39 is 5.97 Å². The molecule has 2 heterocycles. The van der Waals surface area contributed by atoms with Gasteiger partial charge in [-0.1, -0.05) is 13.8 Å². The SMILES string of the molecule is COC(=O)c1nc(NC(=O)c2cc3cc(F)ccc3n2C)sc1C(C)C. The molecule has 0 unspecified atom stereocenters. The molecule has 136 valence electrons. The molecule has 0 fully saturated rings. The van der Waals surface area contributed by atoms with Gasteiger partial charge in [0.05, 0.1) is 7.11 Å². The van der Waals surface area contributed by atoms with Gasteiger partial charge in [-0.05, 0) is 30.2 Å². The molecule has 0 aliphatic rings. The van der Waals surface area contributed by atoms with Crippen LogP contribution >= 0.6 is 11.3 Å². The number of nitrogens with one attached hydrogen (secondary N) is 1. The standard InChI is InChI=1S/C18H18FN3O3S/c1-9(2)15-14(17(24)25-4)20-18(26-15)21-16(23)13-8-10-7-11(19)5-6-12(10)22(13)3/h5-9H,1-4H3,(H,20,21,23). The number of anilines is 1. The molecule has 0 radical (unpaired) electrons. The van der Waals surface area contributed by atoms with Crippen LogP contribution in [0.1, 0.15) is 45.6 Å². The van der Waals surface area contributed by atoms with Gasteiger partial charge in [0.2, 0.25) is 0 Å². The Morgan fingerprint density at radius 3 is 2.69 bits per heavy atom. The lowest BCUT2D eigenvalue weighted by atomic mass is 10.1. The zero-order valence-corrected chi connectivity index (χ0v) is 15.6. The van der Waals surface area contributed by atoms with E-state index in [9.17, 15) is 14.0 Å². The summed E-state index contributed by atoms with van der Waals surface area (Å²) in [6.07, 6.45) is 0. The number of benzene rings is 1. The van der Waals surface area contributed by atoms with Gasteiger partial charge in [0, 0.05) is 22.8 Å². The van der Waals surface area contributed by atoms with Gasteiger partial charge in [0.1, 0.15) is 11.5 Å². The number of rotatable bonds is 4. The van der Waals surface area contributed by atoms with Crippen molar-refractivity contribution in [3.05, 3.63) is 46.3 Å². The molecule has 0 aliphatic heterocycles. The predicted molar refractivity (Wildman–Crippen MR) is 98.4 cm³/mol. The number of thiazole rings is 1. The number of carbonyl (C=O) groups excluding carboxylic acids is 2. The summed E-state index contributed by atoms with van der Waals surface area (Å²) in [5.41, 5.74) is 1.32. The molecule has 8 heteroatoms. The number of ether oxygens (including phenoxy) is 1. The first-order valence-corrected chi connectivity index (χ1v) is 8.78. The van der Waals surface area contributed by atoms with Crippen molar-refractivity contribution in [2.75, 3.05) is 12.4 Å². The number of amides is 1. The fourth-order valence-corrected chi connectivity index (χ4v) is 3.67. The average Bonchev–Trinajstić information content (AvgIpc) is 3.15. The summed E-state index contributed by atoms with van der Waals surface area (Å²) in [6, 6.07) is 5.97. The van der Waals surface area contributed by atoms with Crippen molar-refractivity contribution >= 4 is 39.2 Å². The number of carbonyl (C=O) groups is 2. The number of methoxy groups -OCH3 is 1. The lowest BCUT2D eigenvalue weighted by molar-refractivity contribution is 0.0593. The van der Waals surface area contributed by atoms with Crippen molar-refractivity contribution in [3.8, 4) is 0 Å². The summed E-state index contributed by atoms with van der Waals surface area (Å²) < 4.78 is 19.8. The summed E-state index contributed by atoms with van der Waals surface area (Å²) in [6.45, 7) is 3.87. The zero-order chi connectivity index (χ0) is 19.0. The summed E-state index contributed by atoms with van der Waals surface area (Å²) in [5, 5.41) is 3.66. The molecule has 26 heavy (non-hydrogen) atoms. The number of aryl methyl sites for hydroxylation is 1. The maximum atomic E-state index is 13.4. The second-order valence-corrected chi connectivity index (χ2v) is 7.15. The van der Waals surface area contributed by atoms with E-state index in [-0.39, 0.29) is 23.3 Å².